The molecule has 4 heteroatoms. The van der Waals surface area contributed by atoms with Crippen LogP contribution in [0.4, 0.5) is 0 Å². The third-order valence-corrected chi connectivity index (χ3v) is 3.66. The van der Waals surface area contributed by atoms with E-state index >= 15 is 0 Å². The Morgan fingerprint density at radius 3 is 2.53 bits per heavy atom. The average Bonchev–Trinajstić information content (AvgIpc) is 2.37. The molecule has 1 aliphatic heterocycles. The van der Waals surface area contributed by atoms with E-state index in [1.165, 1.54) is 0 Å². The Labute approximate surface area is 113 Å². The van der Waals surface area contributed by atoms with Crippen molar-refractivity contribution in [3.8, 4) is 5.75 Å². The number of carboxylic acids is 1. The van der Waals surface area contributed by atoms with Gasteiger partial charge in [0.25, 0.3) is 0 Å². The van der Waals surface area contributed by atoms with Crippen molar-refractivity contribution in [3.05, 3.63) is 29.8 Å². The van der Waals surface area contributed by atoms with Gasteiger partial charge >= 0.3 is 5.97 Å². The lowest BCUT2D eigenvalue weighted by Crippen LogP contribution is -2.46. The monoisotopic (exact) mass is 264 g/mol. The lowest BCUT2D eigenvalue weighted by Gasteiger charge is -2.40. The van der Waals surface area contributed by atoms with Crippen molar-refractivity contribution in [2.45, 2.75) is 26.2 Å². The highest BCUT2D eigenvalue weighted by molar-refractivity contribution is 5.67. The molecule has 1 aromatic carbocycles. The molecule has 0 amide bonds. The summed E-state index contributed by atoms with van der Waals surface area (Å²) in [6.45, 7) is 4.39. The quantitative estimate of drug-likeness (QED) is 0.822. The fourth-order valence-electron chi connectivity index (χ4n) is 2.02. The lowest BCUT2D eigenvalue weighted by atomic mass is 9.84. The summed E-state index contributed by atoms with van der Waals surface area (Å²) >= 11 is 0. The van der Waals surface area contributed by atoms with Crippen LogP contribution in [0.2, 0.25) is 0 Å². The molecule has 0 aliphatic carbocycles. The predicted molar refractivity (Wildman–Crippen MR) is 71.4 cm³/mol. The Morgan fingerprint density at radius 1 is 1.37 bits per heavy atom. The van der Waals surface area contributed by atoms with E-state index in [1.807, 2.05) is 24.3 Å². The largest absolute Gasteiger partial charge is 0.493 e. The molecule has 0 saturated carbocycles. The SMILES string of the molecule is CCC1(COc2ccc(CCC(=O)O)cc2)COC1. The molecule has 0 atom stereocenters. The molecular weight excluding hydrogens is 244 g/mol. The molecule has 2 rings (SSSR count). The standard InChI is InChI=1S/C15H20O4/c1-2-15(9-18-10-15)11-19-13-6-3-12(4-7-13)5-8-14(16)17/h3-4,6-7H,2,5,8-11H2,1H3,(H,16,17). The van der Waals surface area contributed by atoms with Crippen LogP contribution in [0.3, 0.4) is 0 Å². The minimum absolute atomic E-state index is 0.163. The van der Waals surface area contributed by atoms with E-state index in [-0.39, 0.29) is 11.8 Å². The van der Waals surface area contributed by atoms with Gasteiger partial charge in [-0.15, -0.1) is 0 Å². The van der Waals surface area contributed by atoms with E-state index in [0.29, 0.717) is 13.0 Å². The summed E-state index contributed by atoms with van der Waals surface area (Å²) in [5.41, 5.74) is 1.20. The second-order valence-electron chi connectivity index (χ2n) is 5.17. The third kappa shape index (κ3) is 3.70. The van der Waals surface area contributed by atoms with Gasteiger partial charge in [-0.05, 0) is 30.5 Å². The van der Waals surface area contributed by atoms with Crippen molar-refractivity contribution in [1.29, 1.82) is 0 Å². The first kappa shape index (κ1) is 13.9. The van der Waals surface area contributed by atoms with Crippen LogP contribution in [-0.2, 0) is 16.0 Å². The van der Waals surface area contributed by atoms with Crippen molar-refractivity contribution in [2.24, 2.45) is 5.41 Å². The highest BCUT2D eigenvalue weighted by Gasteiger charge is 2.37. The number of aryl methyl sites for hydroxylation is 1. The Bertz CT molecular complexity index is 415. The zero-order chi connectivity index (χ0) is 13.7. The van der Waals surface area contributed by atoms with Crippen LogP contribution in [0.15, 0.2) is 24.3 Å². The maximum Gasteiger partial charge on any atom is 0.303 e. The molecule has 1 heterocycles. The molecule has 1 N–H and O–H groups in total. The molecule has 19 heavy (non-hydrogen) atoms. The summed E-state index contributed by atoms with van der Waals surface area (Å²) in [6, 6.07) is 7.66. The van der Waals surface area contributed by atoms with E-state index in [1.54, 1.807) is 0 Å². The molecule has 0 bridgehead atoms. The average molecular weight is 264 g/mol. The molecule has 1 aliphatic rings. The van der Waals surface area contributed by atoms with Crippen molar-refractivity contribution >= 4 is 5.97 Å². The van der Waals surface area contributed by atoms with Crippen LogP contribution in [-0.4, -0.2) is 30.9 Å². The Kier molecular flexibility index (Phi) is 4.43. The van der Waals surface area contributed by atoms with Crippen molar-refractivity contribution in [3.63, 3.8) is 0 Å². The van der Waals surface area contributed by atoms with Gasteiger partial charge in [0.05, 0.1) is 25.2 Å². The second kappa shape index (κ2) is 6.06. The normalized spacial score (nSPS) is 16.7. The zero-order valence-electron chi connectivity index (χ0n) is 11.2. The van der Waals surface area contributed by atoms with Gasteiger partial charge < -0.3 is 14.6 Å². The number of hydrogen-bond donors (Lipinski definition) is 1. The van der Waals surface area contributed by atoms with Gasteiger partial charge in [-0.1, -0.05) is 19.1 Å². The minimum Gasteiger partial charge on any atom is -0.493 e. The number of carboxylic acid groups (broad SMARTS) is 1. The molecule has 0 spiro atoms. The van der Waals surface area contributed by atoms with Crippen LogP contribution < -0.4 is 4.74 Å². The molecule has 4 nitrogen and oxygen atoms in total. The first-order valence-corrected chi connectivity index (χ1v) is 6.65. The van der Waals surface area contributed by atoms with Gasteiger partial charge in [0.1, 0.15) is 5.75 Å². The van der Waals surface area contributed by atoms with Crippen molar-refractivity contribution in [1.82, 2.24) is 0 Å². The number of ether oxygens (including phenoxy) is 2. The molecule has 104 valence electrons. The molecule has 0 radical (unpaired) electrons. The molecule has 1 saturated heterocycles. The second-order valence-corrected chi connectivity index (χ2v) is 5.17. The van der Waals surface area contributed by atoms with Crippen LogP contribution in [0.1, 0.15) is 25.3 Å². The number of benzene rings is 1. The molecular formula is C15H20O4. The van der Waals surface area contributed by atoms with Crippen LogP contribution >= 0.6 is 0 Å². The zero-order valence-corrected chi connectivity index (χ0v) is 11.2. The van der Waals surface area contributed by atoms with E-state index in [9.17, 15) is 4.79 Å². The van der Waals surface area contributed by atoms with E-state index in [2.05, 4.69) is 6.92 Å². The Balaban J connectivity index is 1.83. The fraction of sp³-hybridized carbons (Fsp3) is 0.533. The summed E-state index contributed by atoms with van der Waals surface area (Å²) in [6.07, 6.45) is 1.78. The minimum atomic E-state index is -0.768. The van der Waals surface area contributed by atoms with Crippen molar-refractivity contribution in [2.75, 3.05) is 19.8 Å². The van der Waals surface area contributed by atoms with Crippen LogP contribution in [0.25, 0.3) is 0 Å². The van der Waals surface area contributed by atoms with Crippen LogP contribution in [0, 0.1) is 5.41 Å². The summed E-state index contributed by atoms with van der Waals surface area (Å²) in [4.78, 5) is 10.5. The molecule has 0 aromatic heterocycles. The Hall–Kier alpha value is -1.55. The van der Waals surface area contributed by atoms with E-state index < -0.39 is 5.97 Å². The maximum absolute atomic E-state index is 10.5. The fourth-order valence-corrected chi connectivity index (χ4v) is 2.02. The van der Waals surface area contributed by atoms with E-state index in [0.717, 1.165) is 30.9 Å². The molecule has 0 unspecified atom stereocenters. The number of aliphatic carboxylic acids is 1. The highest BCUT2D eigenvalue weighted by atomic mass is 16.5. The van der Waals surface area contributed by atoms with Gasteiger partial charge in [-0.25, -0.2) is 0 Å². The van der Waals surface area contributed by atoms with Crippen molar-refractivity contribution < 1.29 is 19.4 Å². The van der Waals surface area contributed by atoms with Gasteiger partial charge in [0, 0.05) is 6.42 Å². The third-order valence-electron chi connectivity index (χ3n) is 3.66. The predicted octanol–water partition coefficient (Wildman–Crippen LogP) is 2.51. The number of rotatable bonds is 7. The van der Waals surface area contributed by atoms with Gasteiger partial charge in [-0.2, -0.15) is 0 Å². The summed E-state index contributed by atoms with van der Waals surface area (Å²) in [5.74, 6) is 0.0639. The van der Waals surface area contributed by atoms with Gasteiger partial charge in [0.2, 0.25) is 0 Å². The smallest absolute Gasteiger partial charge is 0.303 e. The Morgan fingerprint density at radius 2 is 2.05 bits per heavy atom. The maximum atomic E-state index is 10.5. The molecule has 1 aromatic rings. The van der Waals surface area contributed by atoms with Gasteiger partial charge in [0.15, 0.2) is 0 Å². The topological polar surface area (TPSA) is 55.8 Å². The van der Waals surface area contributed by atoms with Gasteiger partial charge in [-0.3, -0.25) is 4.79 Å². The van der Waals surface area contributed by atoms with E-state index in [4.69, 9.17) is 14.6 Å². The summed E-state index contributed by atoms with van der Waals surface area (Å²) in [5, 5.41) is 8.63. The lowest BCUT2D eigenvalue weighted by molar-refractivity contribution is -0.136. The number of hydrogen-bond acceptors (Lipinski definition) is 3. The summed E-state index contributed by atoms with van der Waals surface area (Å²) in [7, 11) is 0. The highest BCUT2D eigenvalue weighted by Crippen LogP contribution is 2.31. The summed E-state index contributed by atoms with van der Waals surface area (Å²) < 4.78 is 11.0. The molecule has 1 fully saturated rings. The first-order chi connectivity index (χ1) is 9.13. The first-order valence-electron chi connectivity index (χ1n) is 6.65. The number of carbonyl (C=O) groups is 1. The van der Waals surface area contributed by atoms with Crippen LogP contribution in [0.5, 0.6) is 5.75 Å².